The van der Waals surface area contributed by atoms with Gasteiger partial charge in [-0.2, -0.15) is 0 Å². The van der Waals surface area contributed by atoms with Crippen LogP contribution in [0.1, 0.15) is 5.56 Å². The standard InChI is InChI=1S/C10H10BrNO4/c1-15-8-5-7(3-4-12(13)14)6-9(16-2)10(8)11/h3-6H,1-2H3. The van der Waals surface area contributed by atoms with Gasteiger partial charge in [0.15, 0.2) is 0 Å². The molecule has 6 heteroatoms. The van der Waals surface area contributed by atoms with Crippen molar-refractivity contribution in [2.45, 2.75) is 0 Å². The highest BCUT2D eigenvalue weighted by Crippen LogP contribution is 2.35. The van der Waals surface area contributed by atoms with Gasteiger partial charge in [0.2, 0.25) is 6.20 Å². The first-order chi connectivity index (χ1) is 7.58. The molecule has 0 aliphatic rings. The van der Waals surface area contributed by atoms with E-state index in [-0.39, 0.29) is 0 Å². The number of methoxy groups -OCH3 is 2. The zero-order valence-corrected chi connectivity index (χ0v) is 10.4. The molecular formula is C10H10BrNO4. The lowest BCUT2D eigenvalue weighted by molar-refractivity contribution is -0.400. The highest BCUT2D eigenvalue weighted by Gasteiger charge is 2.08. The van der Waals surface area contributed by atoms with Crippen molar-refractivity contribution >= 4 is 22.0 Å². The number of ether oxygens (including phenoxy) is 2. The molecule has 0 unspecified atom stereocenters. The van der Waals surface area contributed by atoms with Crippen LogP contribution in [0.2, 0.25) is 0 Å². The van der Waals surface area contributed by atoms with Gasteiger partial charge >= 0.3 is 0 Å². The summed E-state index contributed by atoms with van der Waals surface area (Å²) in [5, 5.41) is 10.2. The molecule has 0 amide bonds. The Balaban J connectivity index is 3.16. The van der Waals surface area contributed by atoms with Gasteiger partial charge in [-0.1, -0.05) is 0 Å². The minimum Gasteiger partial charge on any atom is -0.495 e. The smallest absolute Gasteiger partial charge is 0.235 e. The lowest BCUT2D eigenvalue weighted by Gasteiger charge is -2.09. The van der Waals surface area contributed by atoms with Crippen molar-refractivity contribution in [3.63, 3.8) is 0 Å². The maximum absolute atomic E-state index is 10.2. The molecule has 86 valence electrons. The number of hydrogen-bond acceptors (Lipinski definition) is 4. The monoisotopic (exact) mass is 287 g/mol. The van der Waals surface area contributed by atoms with Crippen LogP contribution in [0.25, 0.3) is 6.08 Å². The van der Waals surface area contributed by atoms with Gasteiger partial charge in [0.25, 0.3) is 0 Å². The fraction of sp³-hybridized carbons (Fsp3) is 0.200. The van der Waals surface area contributed by atoms with Crippen LogP contribution < -0.4 is 9.47 Å². The van der Waals surface area contributed by atoms with Crippen molar-refractivity contribution in [1.29, 1.82) is 0 Å². The zero-order valence-electron chi connectivity index (χ0n) is 8.77. The third-order valence-electron chi connectivity index (χ3n) is 1.86. The molecule has 0 radical (unpaired) electrons. The second-order valence-corrected chi connectivity index (χ2v) is 3.63. The van der Waals surface area contributed by atoms with Crippen LogP contribution in [0, 0.1) is 10.1 Å². The summed E-state index contributed by atoms with van der Waals surface area (Å²) < 4.78 is 10.9. The Kier molecular flexibility index (Phi) is 4.30. The van der Waals surface area contributed by atoms with E-state index in [0.717, 1.165) is 6.20 Å². The zero-order chi connectivity index (χ0) is 12.1. The second kappa shape index (κ2) is 5.50. The molecule has 0 saturated carbocycles. The molecule has 0 aliphatic heterocycles. The van der Waals surface area contributed by atoms with E-state index in [1.165, 1.54) is 20.3 Å². The first-order valence-electron chi connectivity index (χ1n) is 4.31. The number of hydrogen-bond donors (Lipinski definition) is 0. The molecule has 0 heterocycles. The molecular weight excluding hydrogens is 278 g/mol. The minimum atomic E-state index is -0.527. The number of halogens is 1. The molecule has 1 aromatic rings. The molecule has 0 N–H and O–H groups in total. The molecule has 0 aromatic heterocycles. The Morgan fingerprint density at radius 3 is 2.19 bits per heavy atom. The Morgan fingerprint density at radius 2 is 1.81 bits per heavy atom. The number of nitro groups is 1. The van der Waals surface area contributed by atoms with Gasteiger partial charge in [0.1, 0.15) is 16.0 Å². The Morgan fingerprint density at radius 1 is 1.31 bits per heavy atom. The number of rotatable bonds is 4. The van der Waals surface area contributed by atoms with Gasteiger partial charge in [0, 0.05) is 6.08 Å². The lowest BCUT2D eigenvalue weighted by atomic mass is 10.2. The summed E-state index contributed by atoms with van der Waals surface area (Å²) in [6, 6.07) is 3.35. The third kappa shape index (κ3) is 2.96. The van der Waals surface area contributed by atoms with Crippen molar-refractivity contribution < 1.29 is 14.4 Å². The van der Waals surface area contributed by atoms with Crippen LogP contribution >= 0.6 is 15.9 Å². The summed E-state index contributed by atoms with van der Waals surface area (Å²) in [6.07, 6.45) is 2.24. The third-order valence-corrected chi connectivity index (χ3v) is 2.64. The SMILES string of the molecule is COc1cc(C=C[N+](=O)[O-])cc(OC)c1Br. The van der Waals surface area contributed by atoms with Gasteiger partial charge in [-0.3, -0.25) is 10.1 Å². The second-order valence-electron chi connectivity index (χ2n) is 2.84. The van der Waals surface area contributed by atoms with Crippen molar-refractivity contribution in [3.05, 3.63) is 38.5 Å². The summed E-state index contributed by atoms with van der Waals surface area (Å²) in [5.74, 6) is 1.12. The van der Waals surface area contributed by atoms with Gasteiger partial charge in [-0.05, 0) is 33.6 Å². The summed E-state index contributed by atoms with van der Waals surface area (Å²) in [7, 11) is 3.03. The van der Waals surface area contributed by atoms with Gasteiger partial charge in [-0.15, -0.1) is 0 Å². The van der Waals surface area contributed by atoms with Crippen LogP contribution in [-0.4, -0.2) is 19.1 Å². The van der Waals surface area contributed by atoms with Crippen LogP contribution in [0.4, 0.5) is 0 Å². The van der Waals surface area contributed by atoms with Gasteiger partial charge in [-0.25, -0.2) is 0 Å². The Hall–Kier alpha value is -1.56. The first-order valence-corrected chi connectivity index (χ1v) is 5.11. The number of benzene rings is 1. The Labute approximate surface area is 101 Å². The molecule has 0 spiro atoms. The predicted octanol–water partition coefficient (Wildman–Crippen LogP) is 2.71. The van der Waals surface area contributed by atoms with E-state index < -0.39 is 4.92 Å². The highest BCUT2D eigenvalue weighted by atomic mass is 79.9. The summed E-state index contributed by atoms with van der Waals surface area (Å²) >= 11 is 3.31. The molecule has 0 saturated heterocycles. The van der Waals surface area contributed by atoms with E-state index >= 15 is 0 Å². The minimum absolute atomic E-state index is 0.527. The molecule has 1 aromatic carbocycles. The fourth-order valence-electron chi connectivity index (χ4n) is 1.13. The van der Waals surface area contributed by atoms with Crippen LogP contribution in [0.15, 0.2) is 22.8 Å². The van der Waals surface area contributed by atoms with Crippen molar-refractivity contribution in [2.24, 2.45) is 0 Å². The van der Waals surface area contributed by atoms with E-state index in [1.807, 2.05) is 0 Å². The molecule has 0 atom stereocenters. The molecule has 1 rings (SSSR count). The first kappa shape index (κ1) is 12.5. The molecule has 5 nitrogen and oxygen atoms in total. The maximum Gasteiger partial charge on any atom is 0.235 e. The van der Waals surface area contributed by atoms with Gasteiger partial charge < -0.3 is 9.47 Å². The summed E-state index contributed by atoms with van der Waals surface area (Å²) in [4.78, 5) is 9.67. The average Bonchev–Trinajstić information content (AvgIpc) is 2.27. The highest BCUT2D eigenvalue weighted by molar-refractivity contribution is 9.10. The van der Waals surface area contributed by atoms with Crippen LogP contribution in [-0.2, 0) is 0 Å². The van der Waals surface area contributed by atoms with E-state index in [4.69, 9.17) is 9.47 Å². The predicted molar refractivity (Wildman–Crippen MR) is 63.3 cm³/mol. The maximum atomic E-state index is 10.2. The fourth-order valence-corrected chi connectivity index (χ4v) is 1.69. The van der Waals surface area contributed by atoms with Crippen molar-refractivity contribution in [2.75, 3.05) is 14.2 Å². The van der Waals surface area contributed by atoms with Crippen molar-refractivity contribution in [3.8, 4) is 11.5 Å². The Bertz CT molecular complexity index is 406. The average molecular weight is 288 g/mol. The summed E-state index contributed by atoms with van der Waals surface area (Å²) in [6.45, 7) is 0. The molecule has 0 aliphatic carbocycles. The summed E-state index contributed by atoms with van der Waals surface area (Å²) in [5.41, 5.74) is 0.633. The normalized spacial score (nSPS) is 10.4. The number of nitrogens with zero attached hydrogens (tertiary/aromatic N) is 1. The quantitative estimate of drug-likeness (QED) is 0.631. The van der Waals surface area contributed by atoms with Crippen molar-refractivity contribution in [1.82, 2.24) is 0 Å². The molecule has 0 bridgehead atoms. The van der Waals surface area contributed by atoms with Gasteiger partial charge in [0.05, 0.1) is 19.1 Å². The molecule has 0 fully saturated rings. The van der Waals surface area contributed by atoms with E-state index in [0.29, 0.717) is 21.5 Å². The molecule has 16 heavy (non-hydrogen) atoms. The lowest BCUT2D eigenvalue weighted by Crippen LogP contribution is -1.91. The van der Waals surface area contributed by atoms with E-state index in [1.54, 1.807) is 12.1 Å². The topological polar surface area (TPSA) is 61.6 Å². The van der Waals surface area contributed by atoms with Crippen LogP contribution in [0.3, 0.4) is 0 Å². The van der Waals surface area contributed by atoms with E-state index in [9.17, 15) is 10.1 Å². The largest absolute Gasteiger partial charge is 0.495 e. The van der Waals surface area contributed by atoms with Crippen LogP contribution in [0.5, 0.6) is 11.5 Å². The van der Waals surface area contributed by atoms with E-state index in [2.05, 4.69) is 15.9 Å².